The predicted molar refractivity (Wildman–Crippen MR) is 82.4 cm³/mol. The van der Waals surface area contributed by atoms with Crippen molar-refractivity contribution in [2.24, 2.45) is 0 Å². The van der Waals surface area contributed by atoms with Crippen molar-refractivity contribution in [1.29, 1.82) is 0 Å². The second kappa shape index (κ2) is 14.1. The quantitative estimate of drug-likeness (QED) is 0.368. The summed E-state index contributed by atoms with van der Waals surface area (Å²) in [5, 5.41) is 0. The molecule has 0 aliphatic carbocycles. The molecule has 3 radical (unpaired) electrons. The van der Waals surface area contributed by atoms with Gasteiger partial charge in [-0.1, -0.05) is 59.3 Å². The fraction of sp³-hybridized carbons (Fsp3) is 1.00. The largest absolute Gasteiger partial charge is 0.174 e. The molecule has 0 N–H and O–H groups in total. The van der Waals surface area contributed by atoms with Crippen molar-refractivity contribution in [1.82, 2.24) is 0 Å². The first-order valence-corrected chi connectivity index (χ1v) is 11.7. The van der Waals surface area contributed by atoms with Crippen LogP contribution in [0, 0.1) is 0 Å². The minimum absolute atomic E-state index is 1.31. The van der Waals surface area contributed by atoms with Crippen LogP contribution >= 0.6 is 22.2 Å². The van der Waals surface area contributed by atoms with Crippen LogP contribution in [0.3, 0.4) is 0 Å². The molecule has 0 aromatic carbocycles. The number of rotatable bonds is 9. The average molecular weight is 298 g/mol. The van der Waals surface area contributed by atoms with E-state index in [0.29, 0.717) is 0 Å². The third-order valence-electron chi connectivity index (χ3n) is 2.94. The van der Waals surface area contributed by atoms with Crippen LogP contribution in [-0.2, 0) is 0 Å². The van der Waals surface area contributed by atoms with Gasteiger partial charge < -0.3 is 0 Å². The van der Waals surface area contributed by atoms with E-state index in [-0.39, 0.29) is 0 Å². The molecule has 0 spiro atoms. The number of hydrogen-bond acceptors (Lipinski definition) is 0. The first kappa shape index (κ1) is 19.4. The monoisotopic (exact) mass is 297 g/mol. The van der Waals surface area contributed by atoms with E-state index in [9.17, 15) is 0 Å². The highest BCUT2D eigenvalue weighted by Gasteiger charge is 2.28. The molecule has 4 heteroatoms. The molecule has 0 unspecified atom stereocenters. The SMILES string of the molecule is CCCC[Si](Cl)(CCCC)CCCC.[Si]Cl. The van der Waals surface area contributed by atoms with E-state index < -0.39 is 7.38 Å². The molecule has 97 valence electrons. The summed E-state index contributed by atoms with van der Waals surface area (Å²) in [4.78, 5) is 0. The van der Waals surface area contributed by atoms with E-state index in [1.807, 2.05) is 0 Å². The molecule has 0 amide bonds. The molecule has 0 rings (SSSR count). The van der Waals surface area contributed by atoms with Crippen LogP contribution in [-0.4, -0.2) is 16.9 Å². The Hall–Kier alpha value is 1.01. The van der Waals surface area contributed by atoms with Crippen molar-refractivity contribution in [3.63, 3.8) is 0 Å². The van der Waals surface area contributed by atoms with Gasteiger partial charge in [-0.3, -0.25) is 0 Å². The number of halogens is 2. The molecule has 0 heterocycles. The van der Waals surface area contributed by atoms with Gasteiger partial charge in [0, 0.05) is 0 Å². The third kappa shape index (κ3) is 11.5. The van der Waals surface area contributed by atoms with Crippen LogP contribution in [0.15, 0.2) is 0 Å². The Morgan fingerprint density at radius 1 is 0.750 bits per heavy atom. The molecular formula is C12H27Cl2Si2. The van der Waals surface area contributed by atoms with Gasteiger partial charge in [-0.2, -0.15) is 22.2 Å². The Morgan fingerprint density at radius 2 is 1.00 bits per heavy atom. The Morgan fingerprint density at radius 3 is 1.19 bits per heavy atom. The highest BCUT2D eigenvalue weighted by atomic mass is 35.6. The predicted octanol–water partition coefficient (Wildman–Crippen LogP) is 5.88. The first-order chi connectivity index (χ1) is 7.68. The molecule has 0 aromatic heterocycles. The minimum Gasteiger partial charge on any atom is -0.174 e. The fourth-order valence-corrected chi connectivity index (χ4v) is 6.77. The van der Waals surface area contributed by atoms with Crippen LogP contribution < -0.4 is 0 Å². The molecule has 0 aliphatic rings. The van der Waals surface area contributed by atoms with Crippen molar-refractivity contribution in [2.45, 2.75) is 77.4 Å². The molecule has 0 fully saturated rings. The lowest BCUT2D eigenvalue weighted by Crippen LogP contribution is -2.26. The molecule has 0 bridgehead atoms. The molecule has 0 nitrogen and oxygen atoms in total. The van der Waals surface area contributed by atoms with Gasteiger partial charge in [0.05, 0.1) is 0 Å². The summed E-state index contributed by atoms with van der Waals surface area (Å²) >= 11 is 11.3. The molecule has 0 aliphatic heterocycles. The number of unbranched alkanes of at least 4 members (excludes halogenated alkanes) is 3. The molecule has 0 saturated carbocycles. The van der Waals surface area contributed by atoms with E-state index in [4.69, 9.17) is 11.1 Å². The summed E-state index contributed by atoms with van der Waals surface area (Å²) in [6.45, 7) is 6.81. The first-order valence-electron chi connectivity index (χ1n) is 6.56. The van der Waals surface area contributed by atoms with E-state index in [2.05, 4.69) is 41.4 Å². The van der Waals surface area contributed by atoms with Crippen molar-refractivity contribution in [3.05, 3.63) is 0 Å². The van der Waals surface area contributed by atoms with Crippen molar-refractivity contribution in [2.75, 3.05) is 0 Å². The molecule has 0 aromatic rings. The van der Waals surface area contributed by atoms with Crippen molar-refractivity contribution in [3.8, 4) is 0 Å². The zero-order valence-corrected chi connectivity index (χ0v) is 14.6. The summed E-state index contributed by atoms with van der Waals surface area (Å²) in [5.41, 5.74) is 0. The normalized spacial score (nSPS) is 10.9. The van der Waals surface area contributed by atoms with Gasteiger partial charge >= 0.3 is 0 Å². The zero-order valence-electron chi connectivity index (χ0n) is 11.1. The lowest BCUT2D eigenvalue weighted by molar-refractivity contribution is 0.806. The minimum atomic E-state index is -1.34. The lowest BCUT2D eigenvalue weighted by atomic mass is 10.4. The summed E-state index contributed by atoms with van der Waals surface area (Å²) in [6.07, 6.45) is 7.97. The Bertz CT molecular complexity index is 110. The van der Waals surface area contributed by atoms with Gasteiger partial charge in [0.25, 0.3) is 0 Å². The Kier molecular flexibility index (Phi) is 17.0. The third-order valence-corrected chi connectivity index (χ3v) is 8.38. The Labute approximate surface area is 116 Å². The lowest BCUT2D eigenvalue weighted by Gasteiger charge is -2.24. The maximum atomic E-state index is 6.81. The van der Waals surface area contributed by atoms with Gasteiger partial charge in [-0.15, -0.1) is 0 Å². The standard InChI is InChI=1S/C12H27ClSi.ClSi/c1-4-7-10-14(13,11-8-5-2)12-9-6-3;1-2/h4-12H2,1-3H3;. The summed E-state index contributed by atoms with van der Waals surface area (Å²) in [7, 11) is 1.10. The fourth-order valence-electron chi connectivity index (χ4n) is 1.86. The highest BCUT2D eigenvalue weighted by Crippen LogP contribution is 2.31. The number of hydrogen-bond donors (Lipinski definition) is 0. The average Bonchev–Trinajstić information content (AvgIpc) is 2.34. The second-order valence-corrected chi connectivity index (χ2v) is 10.7. The summed E-state index contributed by atoms with van der Waals surface area (Å²) in [5.74, 6) is 0. The van der Waals surface area contributed by atoms with Gasteiger partial charge in [-0.25, -0.2) is 0 Å². The Balaban J connectivity index is 0. The van der Waals surface area contributed by atoms with Gasteiger partial charge in [0.15, 0.2) is 16.9 Å². The summed E-state index contributed by atoms with van der Waals surface area (Å²) < 4.78 is 0. The molecule has 16 heavy (non-hydrogen) atoms. The van der Waals surface area contributed by atoms with Crippen LogP contribution in [0.4, 0.5) is 0 Å². The molecular weight excluding hydrogens is 271 g/mol. The molecule has 0 atom stereocenters. The zero-order chi connectivity index (χ0) is 12.9. The summed E-state index contributed by atoms with van der Waals surface area (Å²) in [6, 6.07) is 4.06. The van der Waals surface area contributed by atoms with Crippen LogP contribution in [0.2, 0.25) is 18.1 Å². The van der Waals surface area contributed by atoms with Gasteiger partial charge in [-0.05, 0) is 18.1 Å². The molecule has 0 saturated heterocycles. The van der Waals surface area contributed by atoms with Gasteiger partial charge in [0.2, 0.25) is 0 Å². The topological polar surface area (TPSA) is 0 Å². The van der Waals surface area contributed by atoms with E-state index in [1.165, 1.54) is 56.7 Å². The van der Waals surface area contributed by atoms with Crippen molar-refractivity contribution < 1.29 is 0 Å². The van der Waals surface area contributed by atoms with E-state index in [0.717, 1.165) is 0 Å². The maximum Gasteiger partial charge on any atom is 0.174 e. The van der Waals surface area contributed by atoms with E-state index >= 15 is 0 Å². The second-order valence-electron chi connectivity index (χ2n) is 4.46. The van der Waals surface area contributed by atoms with Gasteiger partial charge in [0.1, 0.15) is 0 Å². The maximum absolute atomic E-state index is 6.81. The van der Waals surface area contributed by atoms with Crippen LogP contribution in [0.1, 0.15) is 59.3 Å². The smallest absolute Gasteiger partial charge is 0.174 e. The van der Waals surface area contributed by atoms with E-state index in [1.54, 1.807) is 0 Å². The van der Waals surface area contributed by atoms with Crippen LogP contribution in [0.5, 0.6) is 0 Å². The highest BCUT2D eigenvalue weighted by molar-refractivity contribution is 7.20. The van der Waals surface area contributed by atoms with Crippen LogP contribution in [0.25, 0.3) is 0 Å². The van der Waals surface area contributed by atoms with Crippen molar-refractivity contribution >= 4 is 39.1 Å².